The van der Waals surface area contributed by atoms with Gasteiger partial charge in [0.2, 0.25) is 0 Å². The van der Waals surface area contributed by atoms with Gasteiger partial charge in [-0.1, -0.05) is 24.3 Å². The summed E-state index contributed by atoms with van der Waals surface area (Å²) >= 11 is 0. The normalized spacial score (nSPS) is 10.5. The van der Waals surface area contributed by atoms with Crippen molar-refractivity contribution < 1.29 is 4.74 Å². The second-order valence-electron chi connectivity index (χ2n) is 3.35. The standard InChI is InChI=1S/C11H13N3O/c1-8-5-3-4-6-9(8)11-12-10(7-15-2)13-14-11/h3-6H,7H2,1-2H3,(H,12,13,14). The molecule has 0 bridgehead atoms. The zero-order chi connectivity index (χ0) is 10.7. The number of nitrogens with one attached hydrogen (secondary N) is 1. The van der Waals surface area contributed by atoms with Gasteiger partial charge in [0.1, 0.15) is 6.61 Å². The fourth-order valence-corrected chi connectivity index (χ4v) is 1.44. The summed E-state index contributed by atoms with van der Waals surface area (Å²) in [5, 5.41) is 7.00. The van der Waals surface area contributed by atoms with E-state index in [1.54, 1.807) is 7.11 Å². The Bertz CT molecular complexity index is 451. The van der Waals surface area contributed by atoms with Gasteiger partial charge in [-0.05, 0) is 12.5 Å². The molecule has 0 unspecified atom stereocenters. The minimum absolute atomic E-state index is 0.457. The third-order valence-electron chi connectivity index (χ3n) is 2.20. The van der Waals surface area contributed by atoms with Crippen molar-refractivity contribution in [2.24, 2.45) is 0 Å². The number of aromatic nitrogens is 3. The summed E-state index contributed by atoms with van der Waals surface area (Å²) < 4.78 is 4.97. The first-order chi connectivity index (χ1) is 7.31. The number of hydrogen-bond acceptors (Lipinski definition) is 3. The molecule has 4 heteroatoms. The number of aromatic amines is 1. The van der Waals surface area contributed by atoms with E-state index in [0.717, 1.165) is 17.2 Å². The molecule has 0 fully saturated rings. The Hall–Kier alpha value is -1.68. The third kappa shape index (κ3) is 2.05. The predicted molar refractivity (Wildman–Crippen MR) is 57.3 cm³/mol. The van der Waals surface area contributed by atoms with E-state index in [-0.39, 0.29) is 0 Å². The minimum atomic E-state index is 0.457. The highest BCUT2D eigenvalue weighted by Gasteiger charge is 2.07. The Labute approximate surface area is 88.3 Å². The molecule has 0 aliphatic carbocycles. The van der Waals surface area contributed by atoms with E-state index in [1.807, 2.05) is 31.2 Å². The lowest BCUT2D eigenvalue weighted by atomic mass is 10.1. The quantitative estimate of drug-likeness (QED) is 0.829. The van der Waals surface area contributed by atoms with Gasteiger partial charge in [0.15, 0.2) is 11.6 Å². The van der Waals surface area contributed by atoms with Crippen LogP contribution in [0.25, 0.3) is 11.4 Å². The SMILES string of the molecule is COCc1nc(-c2ccccc2C)n[nH]1. The molecule has 15 heavy (non-hydrogen) atoms. The van der Waals surface area contributed by atoms with E-state index in [2.05, 4.69) is 15.2 Å². The maximum atomic E-state index is 4.97. The van der Waals surface area contributed by atoms with Crippen LogP contribution in [-0.4, -0.2) is 22.3 Å². The van der Waals surface area contributed by atoms with Crippen LogP contribution in [0.2, 0.25) is 0 Å². The fraction of sp³-hybridized carbons (Fsp3) is 0.273. The average molecular weight is 203 g/mol. The van der Waals surface area contributed by atoms with Crippen molar-refractivity contribution in [2.75, 3.05) is 7.11 Å². The summed E-state index contributed by atoms with van der Waals surface area (Å²) in [6.45, 7) is 2.50. The van der Waals surface area contributed by atoms with Crippen LogP contribution in [0.1, 0.15) is 11.4 Å². The molecule has 4 nitrogen and oxygen atoms in total. The van der Waals surface area contributed by atoms with Gasteiger partial charge in [-0.2, -0.15) is 5.10 Å². The summed E-state index contributed by atoms with van der Waals surface area (Å²) in [4.78, 5) is 4.34. The van der Waals surface area contributed by atoms with Gasteiger partial charge >= 0.3 is 0 Å². The Morgan fingerprint density at radius 1 is 1.33 bits per heavy atom. The smallest absolute Gasteiger partial charge is 0.181 e. The third-order valence-corrected chi connectivity index (χ3v) is 2.20. The summed E-state index contributed by atoms with van der Waals surface area (Å²) in [5.74, 6) is 1.47. The van der Waals surface area contributed by atoms with E-state index < -0.39 is 0 Å². The van der Waals surface area contributed by atoms with E-state index in [0.29, 0.717) is 6.61 Å². The van der Waals surface area contributed by atoms with Gasteiger partial charge < -0.3 is 4.74 Å². The van der Waals surface area contributed by atoms with Gasteiger partial charge in [0.25, 0.3) is 0 Å². The first-order valence-electron chi connectivity index (χ1n) is 4.77. The van der Waals surface area contributed by atoms with Crippen molar-refractivity contribution in [3.8, 4) is 11.4 Å². The lowest BCUT2D eigenvalue weighted by Gasteiger charge is -1.98. The van der Waals surface area contributed by atoms with Gasteiger partial charge in [0.05, 0.1) is 0 Å². The molecule has 0 aliphatic heterocycles. The van der Waals surface area contributed by atoms with Crippen LogP contribution >= 0.6 is 0 Å². The van der Waals surface area contributed by atoms with Crippen molar-refractivity contribution in [3.05, 3.63) is 35.7 Å². The number of methoxy groups -OCH3 is 1. The Morgan fingerprint density at radius 2 is 2.13 bits per heavy atom. The molecule has 1 heterocycles. The molecule has 0 atom stereocenters. The van der Waals surface area contributed by atoms with Crippen molar-refractivity contribution in [3.63, 3.8) is 0 Å². The van der Waals surface area contributed by atoms with E-state index in [4.69, 9.17) is 4.74 Å². The van der Waals surface area contributed by atoms with Gasteiger partial charge in [0, 0.05) is 12.7 Å². The molecule has 0 saturated carbocycles. The number of ether oxygens (including phenoxy) is 1. The molecular weight excluding hydrogens is 190 g/mol. The molecular formula is C11H13N3O. The van der Waals surface area contributed by atoms with E-state index in [9.17, 15) is 0 Å². The van der Waals surface area contributed by atoms with Crippen molar-refractivity contribution >= 4 is 0 Å². The van der Waals surface area contributed by atoms with E-state index >= 15 is 0 Å². The molecule has 0 aliphatic rings. The zero-order valence-electron chi connectivity index (χ0n) is 8.82. The highest BCUT2D eigenvalue weighted by molar-refractivity contribution is 5.59. The second-order valence-corrected chi connectivity index (χ2v) is 3.35. The molecule has 2 aromatic rings. The van der Waals surface area contributed by atoms with E-state index in [1.165, 1.54) is 5.56 Å². The predicted octanol–water partition coefficient (Wildman–Crippen LogP) is 1.93. The van der Waals surface area contributed by atoms with Crippen LogP contribution < -0.4 is 0 Å². The Balaban J connectivity index is 2.33. The highest BCUT2D eigenvalue weighted by atomic mass is 16.5. The van der Waals surface area contributed by atoms with Crippen LogP contribution in [0.15, 0.2) is 24.3 Å². The largest absolute Gasteiger partial charge is 0.377 e. The lowest BCUT2D eigenvalue weighted by Crippen LogP contribution is -1.89. The molecule has 0 amide bonds. The first kappa shape index (κ1) is 9.86. The Morgan fingerprint density at radius 3 is 2.87 bits per heavy atom. The van der Waals surface area contributed by atoms with Gasteiger partial charge in [-0.25, -0.2) is 4.98 Å². The number of aryl methyl sites for hydroxylation is 1. The summed E-state index contributed by atoms with van der Waals surface area (Å²) in [6.07, 6.45) is 0. The lowest BCUT2D eigenvalue weighted by molar-refractivity contribution is 0.178. The minimum Gasteiger partial charge on any atom is -0.377 e. The number of H-pyrrole nitrogens is 1. The zero-order valence-corrected chi connectivity index (χ0v) is 8.82. The van der Waals surface area contributed by atoms with Crippen LogP contribution in [-0.2, 0) is 11.3 Å². The first-order valence-corrected chi connectivity index (χ1v) is 4.77. The molecule has 2 rings (SSSR count). The van der Waals surface area contributed by atoms with Crippen molar-refractivity contribution in [2.45, 2.75) is 13.5 Å². The number of nitrogens with zero attached hydrogens (tertiary/aromatic N) is 2. The topological polar surface area (TPSA) is 50.8 Å². The fourth-order valence-electron chi connectivity index (χ4n) is 1.44. The van der Waals surface area contributed by atoms with Crippen molar-refractivity contribution in [1.82, 2.24) is 15.2 Å². The summed E-state index contributed by atoms with van der Waals surface area (Å²) in [6, 6.07) is 8.03. The van der Waals surface area contributed by atoms with Gasteiger partial charge in [-0.15, -0.1) is 0 Å². The number of rotatable bonds is 3. The van der Waals surface area contributed by atoms with Crippen LogP contribution in [0.4, 0.5) is 0 Å². The molecule has 1 aromatic carbocycles. The molecule has 0 saturated heterocycles. The molecule has 0 spiro atoms. The summed E-state index contributed by atoms with van der Waals surface area (Å²) in [7, 11) is 1.63. The molecule has 0 radical (unpaired) electrons. The van der Waals surface area contributed by atoms with Crippen molar-refractivity contribution in [1.29, 1.82) is 0 Å². The maximum absolute atomic E-state index is 4.97. The van der Waals surface area contributed by atoms with Crippen LogP contribution in [0, 0.1) is 6.92 Å². The second kappa shape index (κ2) is 4.23. The molecule has 1 aromatic heterocycles. The monoisotopic (exact) mass is 203 g/mol. The number of hydrogen-bond donors (Lipinski definition) is 1. The van der Waals surface area contributed by atoms with Gasteiger partial charge in [-0.3, -0.25) is 5.10 Å². The van der Waals surface area contributed by atoms with Crippen LogP contribution in [0.3, 0.4) is 0 Å². The van der Waals surface area contributed by atoms with Crippen LogP contribution in [0.5, 0.6) is 0 Å². The average Bonchev–Trinajstić information content (AvgIpc) is 2.68. The number of benzene rings is 1. The Kier molecular flexibility index (Phi) is 2.78. The molecule has 1 N–H and O–H groups in total. The maximum Gasteiger partial charge on any atom is 0.181 e. The highest BCUT2D eigenvalue weighted by Crippen LogP contribution is 2.18. The summed E-state index contributed by atoms with van der Waals surface area (Å²) in [5.41, 5.74) is 2.22. The molecule has 78 valence electrons.